The molecule has 1 aromatic rings. The molecule has 1 aliphatic rings. The van der Waals surface area contributed by atoms with Gasteiger partial charge in [-0.1, -0.05) is 26.8 Å². The Labute approximate surface area is 178 Å². The van der Waals surface area contributed by atoms with Crippen LogP contribution in [0.3, 0.4) is 0 Å². The first kappa shape index (κ1) is 29.4. The summed E-state index contributed by atoms with van der Waals surface area (Å²) in [6.07, 6.45) is 12.5. The zero-order valence-electron chi connectivity index (χ0n) is 16.3. The van der Waals surface area contributed by atoms with Crippen LogP contribution in [0.25, 0.3) is 0 Å². The van der Waals surface area contributed by atoms with Gasteiger partial charge in [-0.2, -0.15) is 6.08 Å². The first-order valence-corrected chi connectivity index (χ1v) is 9.07. The number of benzene rings is 1. The van der Waals surface area contributed by atoms with Crippen molar-refractivity contribution in [1.82, 2.24) is 0 Å². The summed E-state index contributed by atoms with van der Waals surface area (Å²) in [4.78, 5) is 0. The Morgan fingerprint density at radius 1 is 1.12 bits per heavy atom. The number of hydrogen-bond donors (Lipinski definition) is 1. The minimum atomic E-state index is 0. The molecule has 0 atom stereocenters. The standard InChI is InChI=1S/C11H16O.C5H5.C5H10.2ClH.Ti/c1-8-5-9(11(2,3)4)7-10(12)6-8;1-2-4-5-3-1;1-3-5-4-2;;;/h5-7,12H,1-4H3;1-3H,4H2;3-4H2,1-2H3;2*1H;/q;-1;;;;+1. The molecule has 0 aromatic heterocycles. The van der Waals surface area contributed by atoms with Crippen molar-refractivity contribution in [2.45, 2.75) is 66.2 Å². The minimum absolute atomic E-state index is 0. The summed E-state index contributed by atoms with van der Waals surface area (Å²) in [5.41, 5.74) is 2.41. The molecule has 141 valence electrons. The van der Waals surface area contributed by atoms with E-state index >= 15 is 0 Å². The molecular weight excluding hydrogens is 387 g/mol. The van der Waals surface area contributed by atoms with Crippen LogP contribution in [0.2, 0.25) is 0 Å². The average molecular weight is 420 g/mol. The predicted octanol–water partition coefficient (Wildman–Crippen LogP) is 6.67. The van der Waals surface area contributed by atoms with Gasteiger partial charge < -0.3 is 5.11 Å². The summed E-state index contributed by atoms with van der Waals surface area (Å²) in [6.45, 7) is 12.8. The fraction of sp³-hybridized carbons (Fsp3) is 0.476. The van der Waals surface area contributed by atoms with Crippen LogP contribution in [0.1, 0.15) is 65.0 Å². The van der Waals surface area contributed by atoms with Crippen molar-refractivity contribution < 1.29 is 25.1 Å². The van der Waals surface area contributed by atoms with Crippen molar-refractivity contribution in [3.63, 3.8) is 0 Å². The zero-order valence-corrected chi connectivity index (χ0v) is 19.5. The fourth-order valence-corrected chi connectivity index (χ4v) is 1.79. The molecule has 0 saturated heterocycles. The molecule has 0 radical (unpaired) electrons. The third-order valence-corrected chi connectivity index (χ3v) is 4.47. The van der Waals surface area contributed by atoms with Crippen molar-refractivity contribution in [2.75, 3.05) is 0 Å². The normalized spacial score (nSPS) is 11.2. The molecule has 2 rings (SSSR count). The van der Waals surface area contributed by atoms with E-state index in [9.17, 15) is 5.11 Å². The van der Waals surface area contributed by atoms with E-state index < -0.39 is 0 Å². The molecule has 1 aliphatic carbocycles. The predicted molar refractivity (Wildman–Crippen MR) is 113 cm³/mol. The van der Waals surface area contributed by atoms with E-state index in [0.29, 0.717) is 5.75 Å². The van der Waals surface area contributed by atoms with Gasteiger partial charge in [-0.3, -0.25) is 6.08 Å². The van der Waals surface area contributed by atoms with Crippen LogP contribution in [-0.2, 0) is 25.4 Å². The second-order valence-electron chi connectivity index (χ2n) is 6.62. The summed E-state index contributed by atoms with van der Waals surface area (Å²) < 4.78 is 1.59. The molecular formula is C21H33Cl2OTi. The number of phenols is 1. The van der Waals surface area contributed by atoms with Crippen molar-refractivity contribution in [1.29, 1.82) is 0 Å². The molecule has 0 amide bonds. The Hall–Kier alpha value is -0.336. The Balaban J connectivity index is -0.000000316. The molecule has 1 nitrogen and oxygen atoms in total. The Bertz CT molecular complexity index is 507. The number of aryl methyl sites for hydroxylation is 1. The molecule has 0 bridgehead atoms. The Morgan fingerprint density at radius 2 is 1.68 bits per heavy atom. The zero-order chi connectivity index (χ0) is 17.9. The fourth-order valence-electron chi connectivity index (χ4n) is 1.79. The average Bonchev–Trinajstić information content (AvgIpc) is 3.04. The van der Waals surface area contributed by atoms with E-state index in [1.807, 2.05) is 25.1 Å². The number of rotatable bonds is 2. The molecule has 25 heavy (non-hydrogen) atoms. The smallest absolute Gasteiger partial charge is 0.116 e. The molecule has 0 heterocycles. The van der Waals surface area contributed by atoms with Crippen molar-refractivity contribution >= 4 is 28.6 Å². The second-order valence-corrected chi connectivity index (χ2v) is 7.73. The molecule has 0 aliphatic heterocycles. The molecule has 0 unspecified atom stereocenters. The van der Waals surface area contributed by atoms with Crippen LogP contribution in [0.4, 0.5) is 0 Å². The summed E-state index contributed by atoms with van der Waals surface area (Å²) >= 11 is 2.19. The molecule has 0 spiro atoms. The van der Waals surface area contributed by atoms with Gasteiger partial charge in [0, 0.05) is 0 Å². The molecule has 0 saturated carbocycles. The van der Waals surface area contributed by atoms with E-state index in [2.05, 4.69) is 72.8 Å². The molecule has 0 fully saturated rings. The Morgan fingerprint density at radius 3 is 1.92 bits per heavy atom. The van der Waals surface area contributed by atoms with Gasteiger partial charge in [-0.05, 0) is 35.6 Å². The first-order valence-electron chi connectivity index (χ1n) is 8.29. The maximum absolute atomic E-state index is 9.36. The summed E-state index contributed by atoms with van der Waals surface area (Å²) in [5.74, 6) is 0.361. The van der Waals surface area contributed by atoms with Crippen LogP contribution in [0, 0.1) is 13.0 Å². The maximum atomic E-state index is 9.36. The van der Waals surface area contributed by atoms with Gasteiger partial charge in [0.2, 0.25) is 0 Å². The first-order chi connectivity index (χ1) is 10.7. The quantitative estimate of drug-likeness (QED) is 0.418. The molecule has 1 N–H and O–H groups in total. The summed E-state index contributed by atoms with van der Waals surface area (Å²) in [7, 11) is 0. The number of phenolic OH excluding ortho intramolecular Hbond substituents is 1. The third kappa shape index (κ3) is 15.6. The Kier molecular flexibility index (Phi) is 18.7. The van der Waals surface area contributed by atoms with Gasteiger partial charge in [0.05, 0.1) is 0 Å². The van der Waals surface area contributed by atoms with Crippen LogP contribution in [0.15, 0.2) is 36.4 Å². The summed E-state index contributed by atoms with van der Waals surface area (Å²) in [5, 5.41) is 9.36. The van der Waals surface area contributed by atoms with Crippen molar-refractivity contribution in [3.05, 3.63) is 53.6 Å². The largest absolute Gasteiger partial charge is 0.508 e. The molecule has 1 aromatic carbocycles. The number of hydrogen-bond acceptors (Lipinski definition) is 1. The molecule has 4 heteroatoms. The summed E-state index contributed by atoms with van der Waals surface area (Å²) in [6, 6.07) is 5.71. The number of halogens is 2. The number of aromatic hydroxyl groups is 1. The van der Waals surface area contributed by atoms with Crippen LogP contribution < -0.4 is 0 Å². The van der Waals surface area contributed by atoms with Gasteiger partial charge in [0.1, 0.15) is 5.75 Å². The van der Waals surface area contributed by atoms with Gasteiger partial charge in [-0.25, -0.2) is 12.2 Å². The van der Waals surface area contributed by atoms with Gasteiger partial charge in [0.15, 0.2) is 0 Å². The minimum Gasteiger partial charge on any atom is -0.508 e. The van der Waals surface area contributed by atoms with E-state index in [1.54, 1.807) is 9.88 Å². The topological polar surface area (TPSA) is 20.2 Å². The monoisotopic (exact) mass is 419 g/mol. The number of allylic oxidation sites excluding steroid dienone is 4. The van der Waals surface area contributed by atoms with Gasteiger partial charge in [0.25, 0.3) is 0 Å². The second kappa shape index (κ2) is 15.9. The van der Waals surface area contributed by atoms with E-state index in [4.69, 9.17) is 0 Å². The van der Waals surface area contributed by atoms with Crippen molar-refractivity contribution in [2.24, 2.45) is 0 Å². The van der Waals surface area contributed by atoms with E-state index in [1.165, 1.54) is 18.4 Å². The SMILES string of the molecule is CC[C](=[Ti+])CC.Cc1cc(O)cc(C(C)(C)C)c1.Cl.Cl.[C-]1=CC=CC1. The van der Waals surface area contributed by atoms with Gasteiger partial charge in [-0.15, -0.1) is 31.2 Å². The third-order valence-electron chi connectivity index (χ3n) is 3.37. The van der Waals surface area contributed by atoms with Crippen LogP contribution in [-0.4, -0.2) is 8.92 Å². The van der Waals surface area contributed by atoms with E-state index in [0.717, 1.165) is 12.0 Å². The van der Waals surface area contributed by atoms with Gasteiger partial charge >= 0.3 is 50.5 Å². The van der Waals surface area contributed by atoms with Crippen LogP contribution in [0.5, 0.6) is 5.75 Å². The van der Waals surface area contributed by atoms with Crippen molar-refractivity contribution in [3.8, 4) is 5.75 Å². The van der Waals surface area contributed by atoms with E-state index in [-0.39, 0.29) is 30.2 Å². The maximum Gasteiger partial charge on any atom is 0.116 e. The van der Waals surface area contributed by atoms with Crippen LogP contribution >= 0.6 is 24.8 Å².